The summed E-state index contributed by atoms with van der Waals surface area (Å²) in [5.74, 6) is -0.783. The van der Waals surface area contributed by atoms with Crippen LogP contribution >= 0.6 is 0 Å². The van der Waals surface area contributed by atoms with Gasteiger partial charge in [0.25, 0.3) is 0 Å². The fraction of sp³-hybridized carbons (Fsp3) is 0.263. The molecule has 1 aliphatic rings. The highest BCUT2D eigenvalue weighted by Gasteiger charge is 2.33. The molecule has 1 amide bonds. The first kappa shape index (κ1) is 15.7. The minimum absolute atomic E-state index is 0.0197. The van der Waals surface area contributed by atoms with Gasteiger partial charge in [0.1, 0.15) is 11.3 Å². The highest BCUT2D eigenvalue weighted by molar-refractivity contribution is 6.06. The van der Waals surface area contributed by atoms with Crippen LogP contribution < -0.4 is 0 Å². The van der Waals surface area contributed by atoms with E-state index in [0.717, 1.165) is 21.7 Å². The van der Waals surface area contributed by atoms with Gasteiger partial charge in [-0.1, -0.05) is 30.3 Å². The fourth-order valence-corrected chi connectivity index (χ4v) is 3.29. The molecule has 1 aliphatic heterocycles. The number of carboxylic acid groups (broad SMARTS) is 1. The number of amides is 1. The Bertz CT molecular complexity index is 961. The minimum Gasteiger partial charge on any atom is -0.480 e. The SMILES string of the molecule is O=C(O)C1COCCN1C(=O)Cc1cc2c(ccc3ccccc32)o1. The van der Waals surface area contributed by atoms with Gasteiger partial charge in [0.2, 0.25) is 5.91 Å². The molecule has 3 aromatic rings. The van der Waals surface area contributed by atoms with Gasteiger partial charge in [0, 0.05) is 11.9 Å². The van der Waals surface area contributed by atoms with E-state index >= 15 is 0 Å². The lowest BCUT2D eigenvalue weighted by molar-refractivity contribution is -0.158. The van der Waals surface area contributed by atoms with Crippen LogP contribution in [-0.2, 0) is 20.7 Å². The Morgan fingerprint density at radius 2 is 2.00 bits per heavy atom. The van der Waals surface area contributed by atoms with Crippen LogP contribution in [0.1, 0.15) is 5.76 Å². The molecule has 6 nitrogen and oxygen atoms in total. The van der Waals surface area contributed by atoms with Crippen LogP contribution in [0.5, 0.6) is 0 Å². The molecular formula is C19H17NO5. The molecule has 0 saturated carbocycles. The molecule has 4 rings (SSSR count). The monoisotopic (exact) mass is 339 g/mol. The first-order valence-corrected chi connectivity index (χ1v) is 8.13. The van der Waals surface area contributed by atoms with E-state index in [-0.39, 0.29) is 25.5 Å². The summed E-state index contributed by atoms with van der Waals surface area (Å²) in [5.41, 5.74) is 0.721. The summed E-state index contributed by atoms with van der Waals surface area (Å²) >= 11 is 0. The molecule has 1 saturated heterocycles. The predicted octanol–water partition coefficient (Wildman–Crippen LogP) is 2.44. The van der Waals surface area contributed by atoms with E-state index in [0.29, 0.717) is 12.4 Å². The lowest BCUT2D eigenvalue weighted by atomic mass is 10.1. The van der Waals surface area contributed by atoms with Crippen LogP contribution in [0.25, 0.3) is 21.7 Å². The molecule has 2 aromatic carbocycles. The van der Waals surface area contributed by atoms with E-state index in [1.165, 1.54) is 4.90 Å². The zero-order chi connectivity index (χ0) is 17.4. The van der Waals surface area contributed by atoms with Crippen molar-refractivity contribution in [1.29, 1.82) is 0 Å². The molecule has 6 heteroatoms. The molecular weight excluding hydrogens is 322 g/mol. The van der Waals surface area contributed by atoms with E-state index < -0.39 is 12.0 Å². The van der Waals surface area contributed by atoms with Gasteiger partial charge in [0.15, 0.2) is 6.04 Å². The normalized spacial score (nSPS) is 17.9. The lowest BCUT2D eigenvalue weighted by Gasteiger charge is -2.32. The van der Waals surface area contributed by atoms with Crippen molar-refractivity contribution < 1.29 is 23.8 Å². The van der Waals surface area contributed by atoms with Crippen molar-refractivity contribution in [2.24, 2.45) is 0 Å². The predicted molar refractivity (Wildman–Crippen MR) is 91.4 cm³/mol. The van der Waals surface area contributed by atoms with Crippen LogP contribution in [0, 0.1) is 0 Å². The summed E-state index contributed by atoms with van der Waals surface area (Å²) in [7, 11) is 0. The second kappa shape index (κ2) is 6.22. The van der Waals surface area contributed by atoms with Crippen molar-refractivity contribution >= 4 is 33.6 Å². The van der Waals surface area contributed by atoms with E-state index in [2.05, 4.69) is 0 Å². The molecule has 1 atom stereocenters. The molecule has 1 N–H and O–H groups in total. The molecule has 128 valence electrons. The van der Waals surface area contributed by atoms with Crippen LogP contribution in [0.3, 0.4) is 0 Å². The number of morpholine rings is 1. The third-order valence-corrected chi connectivity index (χ3v) is 4.54. The fourth-order valence-electron chi connectivity index (χ4n) is 3.29. The van der Waals surface area contributed by atoms with E-state index in [1.807, 2.05) is 42.5 Å². The van der Waals surface area contributed by atoms with Gasteiger partial charge in [0.05, 0.1) is 19.6 Å². The average Bonchev–Trinajstić information content (AvgIpc) is 3.04. The maximum absolute atomic E-state index is 12.6. The molecule has 1 aromatic heterocycles. The van der Waals surface area contributed by atoms with Gasteiger partial charge in [-0.25, -0.2) is 4.79 Å². The van der Waals surface area contributed by atoms with Gasteiger partial charge in [-0.15, -0.1) is 0 Å². The average molecular weight is 339 g/mol. The number of hydrogen-bond acceptors (Lipinski definition) is 4. The van der Waals surface area contributed by atoms with Crippen molar-refractivity contribution in [3.8, 4) is 0 Å². The van der Waals surface area contributed by atoms with Crippen LogP contribution in [0.2, 0.25) is 0 Å². The number of benzene rings is 2. The maximum atomic E-state index is 12.6. The molecule has 1 unspecified atom stereocenters. The Morgan fingerprint density at radius 1 is 1.16 bits per heavy atom. The number of fused-ring (bicyclic) bond motifs is 3. The zero-order valence-corrected chi connectivity index (χ0v) is 13.5. The van der Waals surface area contributed by atoms with Crippen molar-refractivity contribution in [3.63, 3.8) is 0 Å². The van der Waals surface area contributed by atoms with Crippen molar-refractivity contribution in [2.75, 3.05) is 19.8 Å². The smallest absolute Gasteiger partial charge is 0.328 e. The molecule has 0 bridgehead atoms. The molecule has 0 aliphatic carbocycles. The van der Waals surface area contributed by atoms with Crippen molar-refractivity contribution in [2.45, 2.75) is 12.5 Å². The van der Waals surface area contributed by atoms with Crippen LogP contribution in [0.4, 0.5) is 0 Å². The largest absolute Gasteiger partial charge is 0.480 e. The molecule has 2 heterocycles. The summed E-state index contributed by atoms with van der Waals surface area (Å²) in [6.07, 6.45) is 0.0345. The zero-order valence-electron chi connectivity index (χ0n) is 13.5. The highest BCUT2D eigenvalue weighted by Crippen LogP contribution is 2.28. The number of furan rings is 1. The topological polar surface area (TPSA) is 80.0 Å². The van der Waals surface area contributed by atoms with Crippen LogP contribution in [-0.4, -0.2) is 47.7 Å². The quantitative estimate of drug-likeness (QED) is 0.793. The van der Waals surface area contributed by atoms with Gasteiger partial charge >= 0.3 is 5.97 Å². The van der Waals surface area contributed by atoms with E-state index in [9.17, 15) is 14.7 Å². The second-order valence-corrected chi connectivity index (χ2v) is 6.10. The standard InChI is InChI=1S/C19H17NO5/c21-18(20-7-8-24-11-16(20)19(22)23)10-13-9-15-14-4-2-1-3-12(14)5-6-17(15)25-13/h1-6,9,16H,7-8,10-11H2,(H,22,23). The minimum atomic E-state index is -1.05. The number of aliphatic carboxylic acids is 1. The molecule has 25 heavy (non-hydrogen) atoms. The Hall–Kier alpha value is -2.86. The van der Waals surface area contributed by atoms with E-state index in [4.69, 9.17) is 9.15 Å². The summed E-state index contributed by atoms with van der Waals surface area (Å²) < 4.78 is 11.0. The number of ether oxygens (including phenoxy) is 1. The third-order valence-electron chi connectivity index (χ3n) is 4.54. The summed E-state index contributed by atoms with van der Waals surface area (Å²) in [6.45, 7) is 0.644. The number of hydrogen-bond donors (Lipinski definition) is 1. The Balaban J connectivity index is 1.63. The van der Waals surface area contributed by atoms with E-state index in [1.54, 1.807) is 0 Å². The first-order chi connectivity index (χ1) is 12.1. The number of carboxylic acids is 1. The molecule has 0 spiro atoms. The summed E-state index contributed by atoms with van der Waals surface area (Å²) in [5, 5.41) is 12.4. The van der Waals surface area contributed by atoms with Gasteiger partial charge < -0.3 is 19.2 Å². The lowest BCUT2D eigenvalue weighted by Crippen LogP contribution is -2.53. The third kappa shape index (κ3) is 2.85. The first-order valence-electron chi connectivity index (χ1n) is 8.13. The van der Waals surface area contributed by atoms with Crippen LogP contribution in [0.15, 0.2) is 46.9 Å². The second-order valence-electron chi connectivity index (χ2n) is 6.10. The maximum Gasteiger partial charge on any atom is 0.328 e. The number of nitrogens with zero attached hydrogens (tertiary/aromatic N) is 1. The number of carbonyl (C=O) groups is 2. The number of carbonyl (C=O) groups excluding carboxylic acids is 1. The van der Waals surface area contributed by atoms with Gasteiger partial charge in [-0.3, -0.25) is 4.79 Å². The Morgan fingerprint density at radius 3 is 2.84 bits per heavy atom. The molecule has 0 radical (unpaired) electrons. The van der Waals surface area contributed by atoms with Gasteiger partial charge in [-0.05, 0) is 22.9 Å². The van der Waals surface area contributed by atoms with Crippen molar-refractivity contribution in [1.82, 2.24) is 4.90 Å². The molecule has 1 fully saturated rings. The Labute approximate surface area is 143 Å². The summed E-state index contributed by atoms with van der Waals surface area (Å²) in [6, 6.07) is 12.8. The highest BCUT2D eigenvalue weighted by atomic mass is 16.5. The Kier molecular flexibility index (Phi) is 3.89. The van der Waals surface area contributed by atoms with Crippen molar-refractivity contribution in [3.05, 3.63) is 48.2 Å². The number of rotatable bonds is 3. The van der Waals surface area contributed by atoms with Gasteiger partial charge in [-0.2, -0.15) is 0 Å². The summed E-state index contributed by atoms with van der Waals surface area (Å²) in [4.78, 5) is 25.2.